The Morgan fingerprint density at radius 3 is 2.67 bits per heavy atom. The fourth-order valence-corrected chi connectivity index (χ4v) is 4.16. The van der Waals surface area contributed by atoms with Crippen LogP contribution >= 0.6 is 11.8 Å². The highest BCUT2D eigenvalue weighted by Crippen LogP contribution is 2.31. The Kier molecular flexibility index (Phi) is 4.85. The first kappa shape index (κ1) is 17.6. The van der Waals surface area contributed by atoms with Crippen LogP contribution in [0, 0.1) is 0 Å². The number of fused-ring (bicyclic) bond motifs is 1. The smallest absolute Gasteiger partial charge is 0.240 e. The van der Waals surface area contributed by atoms with E-state index in [1.54, 1.807) is 0 Å². The number of hydrogen-bond acceptors (Lipinski definition) is 5. The van der Waals surface area contributed by atoms with E-state index in [0.29, 0.717) is 11.0 Å². The van der Waals surface area contributed by atoms with Crippen LogP contribution in [-0.2, 0) is 11.2 Å². The lowest BCUT2D eigenvalue weighted by atomic mass is 10.0. The molecule has 0 radical (unpaired) electrons. The second-order valence-electron chi connectivity index (χ2n) is 6.52. The fourth-order valence-electron chi connectivity index (χ4n) is 3.33. The molecule has 6 nitrogen and oxygen atoms in total. The number of anilines is 1. The van der Waals surface area contributed by atoms with E-state index in [-0.39, 0.29) is 11.2 Å². The van der Waals surface area contributed by atoms with E-state index in [4.69, 9.17) is 5.84 Å². The number of carbonyl (C=O) groups excluding carboxylic acids is 1. The molecule has 0 aliphatic carbocycles. The van der Waals surface area contributed by atoms with E-state index in [9.17, 15) is 4.79 Å². The number of benzene rings is 2. The molecule has 2 heterocycles. The number of nitrogens with zero attached hydrogens (tertiary/aromatic N) is 4. The van der Waals surface area contributed by atoms with Gasteiger partial charge in [0.25, 0.3) is 0 Å². The van der Waals surface area contributed by atoms with Crippen molar-refractivity contribution >= 4 is 23.4 Å². The number of nitrogen functional groups attached to an aromatic ring is 1. The summed E-state index contributed by atoms with van der Waals surface area (Å²) >= 11 is 1.34. The van der Waals surface area contributed by atoms with Crippen molar-refractivity contribution in [2.45, 2.75) is 30.2 Å². The lowest BCUT2D eigenvalue weighted by Gasteiger charge is -2.31. The molecule has 1 amide bonds. The van der Waals surface area contributed by atoms with Gasteiger partial charge in [0.05, 0.1) is 5.25 Å². The molecule has 138 valence electrons. The van der Waals surface area contributed by atoms with Crippen LogP contribution in [0.3, 0.4) is 0 Å². The van der Waals surface area contributed by atoms with E-state index < -0.39 is 0 Å². The van der Waals surface area contributed by atoms with Crippen LogP contribution in [0.4, 0.5) is 5.69 Å². The van der Waals surface area contributed by atoms with Crippen molar-refractivity contribution in [3.63, 3.8) is 0 Å². The minimum Gasteiger partial charge on any atom is -0.335 e. The molecule has 2 aromatic carbocycles. The Hall–Kier alpha value is -2.80. The minimum absolute atomic E-state index is 0.0661. The number of rotatable bonds is 4. The first-order valence-electron chi connectivity index (χ1n) is 8.97. The molecule has 0 bridgehead atoms. The molecule has 2 N–H and O–H groups in total. The van der Waals surface area contributed by atoms with Crippen molar-refractivity contribution in [2.24, 2.45) is 0 Å². The largest absolute Gasteiger partial charge is 0.335 e. The highest BCUT2D eigenvalue weighted by Gasteiger charge is 2.28. The van der Waals surface area contributed by atoms with Gasteiger partial charge in [0.15, 0.2) is 5.82 Å². The molecular weight excluding hydrogens is 358 g/mol. The predicted molar refractivity (Wildman–Crippen MR) is 108 cm³/mol. The number of hydrogen-bond donors (Lipinski definition) is 1. The number of nitrogens with two attached hydrogens (primary N) is 1. The quantitative estimate of drug-likeness (QED) is 0.557. The van der Waals surface area contributed by atoms with E-state index in [2.05, 4.69) is 16.3 Å². The summed E-state index contributed by atoms with van der Waals surface area (Å²) in [6.45, 7) is 2.63. The summed E-state index contributed by atoms with van der Waals surface area (Å²) in [6.07, 6.45) is 1.99. The number of carbonyl (C=O) groups is 1. The standard InChI is InChI=1S/C20H21N5OS/c1-14(19(26)24-13-7-11-15-8-5-6-12-17(15)24)27-20-23-22-18(25(20)21)16-9-3-2-4-10-16/h2-6,8-10,12,14H,7,11,13,21H2,1H3. The van der Waals surface area contributed by atoms with Crippen LogP contribution in [-0.4, -0.2) is 32.6 Å². The number of para-hydroxylation sites is 1. The van der Waals surface area contributed by atoms with Crippen molar-refractivity contribution < 1.29 is 4.79 Å². The molecule has 0 saturated heterocycles. The number of amides is 1. The van der Waals surface area contributed by atoms with Crippen molar-refractivity contribution in [3.8, 4) is 11.4 Å². The van der Waals surface area contributed by atoms with E-state index in [1.165, 1.54) is 22.0 Å². The lowest BCUT2D eigenvalue weighted by Crippen LogP contribution is -2.40. The summed E-state index contributed by atoms with van der Waals surface area (Å²) in [4.78, 5) is 14.9. The molecule has 1 aliphatic rings. The second kappa shape index (κ2) is 7.44. The van der Waals surface area contributed by atoms with Crippen LogP contribution in [0.25, 0.3) is 11.4 Å². The third-order valence-electron chi connectivity index (χ3n) is 4.70. The monoisotopic (exact) mass is 379 g/mol. The van der Waals surface area contributed by atoms with Gasteiger partial charge in [-0.1, -0.05) is 60.3 Å². The summed E-state index contributed by atoms with van der Waals surface area (Å²) in [6, 6.07) is 17.8. The first-order chi connectivity index (χ1) is 13.1. The van der Waals surface area contributed by atoms with Crippen LogP contribution in [0.1, 0.15) is 18.9 Å². The zero-order valence-electron chi connectivity index (χ0n) is 15.1. The Morgan fingerprint density at radius 2 is 1.85 bits per heavy atom. The summed E-state index contributed by atoms with van der Waals surface area (Å²) in [5, 5.41) is 8.59. The van der Waals surface area contributed by atoms with E-state index >= 15 is 0 Å². The van der Waals surface area contributed by atoms with Gasteiger partial charge >= 0.3 is 0 Å². The van der Waals surface area contributed by atoms with Gasteiger partial charge in [0.1, 0.15) is 0 Å². The predicted octanol–water partition coefficient (Wildman–Crippen LogP) is 3.12. The third kappa shape index (κ3) is 3.42. The molecule has 0 spiro atoms. The molecule has 0 fully saturated rings. The SMILES string of the molecule is CC(Sc1nnc(-c2ccccc2)n1N)C(=O)N1CCCc2ccccc21. The number of thioether (sulfide) groups is 1. The van der Waals surface area contributed by atoms with Crippen LogP contribution in [0.5, 0.6) is 0 Å². The average molecular weight is 379 g/mol. The van der Waals surface area contributed by atoms with Gasteiger partial charge in [-0.2, -0.15) is 0 Å². The molecule has 1 aliphatic heterocycles. The maximum absolute atomic E-state index is 13.1. The van der Waals surface area contributed by atoms with Gasteiger partial charge in [0.2, 0.25) is 11.1 Å². The summed E-state index contributed by atoms with van der Waals surface area (Å²) < 4.78 is 1.45. The summed E-state index contributed by atoms with van der Waals surface area (Å²) in [5.74, 6) is 6.84. The summed E-state index contributed by atoms with van der Waals surface area (Å²) in [5.41, 5.74) is 3.13. The van der Waals surface area contributed by atoms with E-state index in [0.717, 1.165) is 30.6 Å². The van der Waals surface area contributed by atoms with E-state index in [1.807, 2.05) is 60.4 Å². The van der Waals surface area contributed by atoms with Crippen LogP contribution in [0.15, 0.2) is 59.8 Å². The van der Waals surface area contributed by atoms with Crippen molar-refractivity contribution in [1.82, 2.24) is 14.9 Å². The Morgan fingerprint density at radius 1 is 1.11 bits per heavy atom. The van der Waals surface area contributed by atoms with Crippen LogP contribution < -0.4 is 10.7 Å². The van der Waals surface area contributed by atoms with Crippen molar-refractivity contribution in [1.29, 1.82) is 0 Å². The zero-order valence-corrected chi connectivity index (χ0v) is 15.9. The Bertz CT molecular complexity index is 956. The topological polar surface area (TPSA) is 77.0 Å². The Balaban J connectivity index is 1.53. The molecule has 7 heteroatoms. The maximum atomic E-state index is 13.1. The molecule has 1 unspecified atom stereocenters. The number of aryl methyl sites for hydroxylation is 1. The highest BCUT2D eigenvalue weighted by molar-refractivity contribution is 8.00. The molecule has 0 saturated carbocycles. The van der Waals surface area contributed by atoms with Gasteiger partial charge in [-0.3, -0.25) is 4.79 Å². The van der Waals surface area contributed by atoms with Gasteiger partial charge in [-0.05, 0) is 31.4 Å². The normalized spacial score (nSPS) is 14.6. The molecule has 27 heavy (non-hydrogen) atoms. The van der Waals surface area contributed by atoms with Gasteiger partial charge in [0, 0.05) is 17.8 Å². The number of aromatic nitrogens is 3. The maximum Gasteiger partial charge on any atom is 0.240 e. The van der Waals surface area contributed by atoms with Gasteiger partial charge < -0.3 is 10.7 Å². The summed E-state index contributed by atoms with van der Waals surface area (Å²) in [7, 11) is 0. The highest BCUT2D eigenvalue weighted by atomic mass is 32.2. The minimum atomic E-state index is -0.314. The lowest BCUT2D eigenvalue weighted by molar-refractivity contribution is -0.117. The average Bonchev–Trinajstić information content (AvgIpc) is 3.08. The Labute approximate surface area is 162 Å². The third-order valence-corrected chi connectivity index (χ3v) is 5.75. The van der Waals surface area contributed by atoms with Gasteiger partial charge in [-0.15, -0.1) is 10.2 Å². The second-order valence-corrected chi connectivity index (χ2v) is 7.83. The zero-order chi connectivity index (χ0) is 18.8. The molecule has 1 aromatic heterocycles. The fraction of sp³-hybridized carbons (Fsp3) is 0.250. The van der Waals surface area contributed by atoms with Crippen molar-refractivity contribution in [3.05, 3.63) is 60.2 Å². The molecule has 1 atom stereocenters. The molecule has 4 rings (SSSR count). The van der Waals surface area contributed by atoms with Crippen molar-refractivity contribution in [2.75, 3.05) is 17.3 Å². The van der Waals surface area contributed by atoms with Crippen LogP contribution in [0.2, 0.25) is 0 Å². The molecular formula is C20H21N5OS. The molecule has 3 aromatic rings. The first-order valence-corrected chi connectivity index (χ1v) is 9.85. The van der Waals surface area contributed by atoms with Gasteiger partial charge in [-0.25, -0.2) is 4.68 Å².